The summed E-state index contributed by atoms with van der Waals surface area (Å²) in [5.41, 5.74) is 0.268. The van der Waals surface area contributed by atoms with E-state index in [1.807, 2.05) is 0 Å². The van der Waals surface area contributed by atoms with Gasteiger partial charge < -0.3 is 19.3 Å². The predicted molar refractivity (Wildman–Crippen MR) is 113 cm³/mol. The van der Waals surface area contributed by atoms with Gasteiger partial charge in [-0.3, -0.25) is 4.79 Å². The number of sulfonamides is 1. The van der Waals surface area contributed by atoms with Crippen LogP contribution in [-0.2, 0) is 27.5 Å². The first kappa shape index (κ1) is 25.0. The second-order valence-electron chi connectivity index (χ2n) is 6.82. The van der Waals surface area contributed by atoms with Gasteiger partial charge in [-0.05, 0) is 24.3 Å². The maximum Gasteiger partial charge on any atom is 0.455 e. The number of alkyl halides is 3. The Labute approximate surface area is 192 Å². The summed E-state index contributed by atoms with van der Waals surface area (Å²) < 4.78 is 82.4. The topological polar surface area (TPSA) is 133 Å². The van der Waals surface area contributed by atoms with Crippen molar-refractivity contribution in [1.82, 2.24) is 14.9 Å². The van der Waals surface area contributed by atoms with Gasteiger partial charge in [-0.15, -0.1) is 0 Å². The van der Waals surface area contributed by atoms with Crippen molar-refractivity contribution in [3.8, 4) is 23.0 Å². The normalized spacial score (nSPS) is 11.8. The average molecular weight is 500 g/mol. The third-order valence-electron chi connectivity index (χ3n) is 4.45. The molecule has 0 atom stereocenters. The Bertz CT molecular complexity index is 1310. The third-order valence-corrected chi connectivity index (χ3v) is 5.89. The minimum atomic E-state index is -4.89. The Balaban J connectivity index is 2.01. The molecule has 2 N–H and O–H groups in total. The molecule has 1 aromatic heterocycles. The SMILES string of the molecule is COc1ccc(CNS(=O)(=O)c2cc(NC(C)=O)ccc2-c2nc(C(F)(F)F)no2)c(OC)c1. The summed E-state index contributed by atoms with van der Waals surface area (Å²) in [7, 11) is -1.50. The monoisotopic (exact) mass is 500 g/mol. The zero-order valence-corrected chi connectivity index (χ0v) is 18.9. The van der Waals surface area contributed by atoms with Crippen LogP contribution in [-0.4, -0.2) is 38.7 Å². The fraction of sp³-hybridized carbons (Fsp3) is 0.250. The molecule has 0 saturated heterocycles. The van der Waals surface area contributed by atoms with Crippen molar-refractivity contribution in [2.24, 2.45) is 0 Å². The number of carbonyl (C=O) groups excluding carboxylic acids is 1. The number of hydrogen-bond acceptors (Lipinski definition) is 8. The molecule has 0 saturated carbocycles. The molecule has 2 aromatic carbocycles. The fourth-order valence-corrected chi connectivity index (χ4v) is 4.13. The second kappa shape index (κ2) is 9.69. The smallest absolute Gasteiger partial charge is 0.455 e. The van der Waals surface area contributed by atoms with Gasteiger partial charge in [-0.1, -0.05) is 11.2 Å². The molecule has 0 aliphatic heterocycles. The van der Waals surface area contributed by atoms with Crippen LogP contribution in [0.1, 0.15) is 18.3 Å². The number of carbonyl (C=O) groups is 1. The minimum Gasteiger partial charge on any atom is -0.497 e. The van der Waals surface area contributed by atoms with Crippen LogP contribution in [0.2, 0.25) is 0 Å². The molecule has 3 aromatic rings. The molecule has 0 radical (unpaired) electrons. The third kappa shape index (κ3) is 5.63. The highest BCUT2D eigenvalue weighted by Gasteiger charge is 2.38. The first-order valence-electron chi connectivity index (χ1n) is 9.48. The Hall–Kier alpha value is -3.65. The van der Waals surface area contributed by atoms with E-state index in [0.717, 1.165) is 12.1 Å². The van der Waals surface area contributed by atoms with Crippen molar-refractivity contribution in [2.75, 3.05) is 19.5 Å². The lowest BCUT2D eigenvalue weighted by atomic mass is 10.2. The van der Waals surface area contributed by atoms with Gasteiger partial charge in [0.25, 0.3) is 11.7 Å². The lowest BCUT2D eigenvalue weighted by Gasteiger charge is -2.14. The summed E-state index contributed by atoms with van der Waals surface area (Å²) in [6, 6.07) is 8.26. The average Bonchev–Trinajstić information content (AvgIpc) is 3.28. The van der Waals surface area contributed by atoms with Crippen molar-refractivity contribution < 1.29 is 40.4 Å². The molecule has 1 heterocycles. The number of aromatic nitrogens is 2. The van der Waals surface area contributed by atoms with E-state index in [4.69, 9.17) is 9.47 Å². The Morgan fingerprint density at radius 1 is 1.12 bits per heavy atom. The van der Waals surface area contributed by atoms with Gasteiger partial charge in [0.05, 0.1) is 24.7 Å². The Morgan fingerprint density at radius 2 is 1.85 bits per heavy atom. The van der Waals surface area contributed by atoms with Crippen LogP contribution in [0.4, 0.5) is 18.9 Å². The van der Waals surface area contributed by atoms with Gasteiger partial charge in [0, 0.05) is 30.8 Å². The van der Waals surface area contributed by atoms with Crippen LogP contribution in [0, 0.1) is 0 Å². The Morgan fingerprint density at radius 3 is 2.44 bits per heavy atom. The molecular formula is C20H19F3N4O6S. The highest BCUT2D eigenvalue weighted by Crippen LogP contribution is 2.33. The van der Waals surface area contributed by atoms with Gasteiger partial charge >= 0.3 is 6.18 Å². The number of nitrogens with one attached hydrogen (secondary N) is 2. The fourth-order valence-electron chi connectivity index (χ4n) is 2.90. The lowest BCUT2D eigenvalue weighted by Crippen LogP contribution is -2.24. The van der Waals surface area contributed by atoms with E-state index in [1.165, 1.54) is 27.2 Å². The summed E-state index contributed by atoms with van der Waals surface area (Å²) in [6.45, 7) is 0.987. The standard InChI is InChI=1S/C20H19F3N4O6S/c1-11(28)25-13-5-7-15(18-26-19(27-33-18)20(21,22)23)17(8-13)34(29,30)24-10-12-4-6-14(31-2)9-16(12)32-3/h4-9,24H,10H2,1-3H3,(H,25,28). The second-order valence-corrected chi connectivity index (χ2v) is 8.55. The minimum absolute atomic E-state index is 0.0919. The molecule has 1 amide bonds. The van der Waals surface area contributed by atoms with Gasteiger partial charge in [-0.25, -0.2) is 13.1 Å². The predicted octanol–water partition coefficient (Wildman–Crippen LogP) is 3.21. The van der Waals surface area contributed by atoms with Crippen LogP contribution >= 0.6 is 0 Å². The van der Waals surface area contributed by atoms with Crippen LogP contribution < -0.4 is 19.5 Å². The molecule has 0 aliphatic carbocycles. The van der Waals surface area contributed by atoms with Crippen LogP contribution in [0.3, 0.4) is 0 Å². The number of hydrogen-bond donors (Lipinski definition) is 2. The summed E-state index contributed by atoms with van der Waals surface area (Å²) in [4.78, 5) is 14.2. The first-order chi connectivity index (χ1) is 15.9. The molecule has 0 spiro atoms. The van der Waals surface area contributed by atoms with E-state index < -0.39 is 38.7 Å². The van der Waals surface area contributed by atoms with Gasteiger partial charge in [0.15, 0.2) is 0 Å². The van der Waals surface area contributed by atoms with E-state index in [1.54, 1.807) is 18.2 Å². The largest absolute Gasteiger partial charge is 0.497 e. The molecule has 0 aliphatic rings. The lowest BCUT2D eigenvalue weighted by molar-refractivity contribution is -0.146. The number of anilines is 1. The van der Waals surface area contributed by atoms with Crippen LogP contribution in [0.25, 0.3) is 11.5 Å². The molecule has 182 valence electrons. The number of amides is 1. The van der Waals surface area contributed by atoms with Crippen LogP contribution in [0.5, 0.6) is 11.5 Å². The van der Waals surface area contributed by atoms with Crippen molar-refractivity contribution in [3.05, 3.63) is 47.8 Å². The van der Waals surface area contributed by atoms with Gasteiger partial charge in [0.2, 0.25) is 15.9 Å². The molecule has 3 rings (SSSR count). The first-order valence-corrected chi connectivity index (χ1v) is 11.0. The molecule has 0 unspecified atom stereocenters. The van der Waals surface area contributed by atoms with E-state index >= 15 is 0 Å². The summed E-state index contributed by atoms with van der Waals surface area (Å²) in [6.07, 6.45) is -4.89. The van der Waals surface area contributed by atoms with Crippen molar-refractivity contribution in [3.63, 3.8) is 0 Å². The number of benzene rings is 2. The van der Waals surface area contributed by atoms with Crippen LogP contribution in [0.15, 0.2) is 45.8 Å². The van der Waals surface area contributed by atoms with Crippen molar-refractivity contribution in [1.29, 1.82) is 0 Å². The quantitative estimate of drug-likeness (QED) is 0.482. The number of halogens is 3. The number of rotatable bonds is 8. The van der Waals surface area contributed by atoms with Gasteiger partial charge in [0.1, 0.15) is 11.5 Å². The summed E-state index contributed by atoms with van der Waals surface area (Å²) >= 11 is 0. The van der Waals surface area contributed by atoms with Crippen molar-refractivity contribution >= 4 is 21.6 Å². The Kier molecular flexibility index (Phi) is 7.12. The molecule has 14 heteroatoms. The maximum absolute atomic E-state index is 13.2. The number of nitrogens with zero attached hydrogens (tertiary/aromatic N) is 2. The number of methoxy groups -OCH3 is 2. The van der Waals surface area contributed by atoms with E-state index in [2.05, 4.69) is 24.7 Å². The molecule has 10 nitrogen and oxygen atoms in total. The zero-order valence-electron chi connectivity index (χ0n) is 18.1. The molecule has 0 fully saturated rings. The van der Waals surface area contributed by atoms with Crippen molar-refractivity contribution in [2.45, 2.75) is 24.5 Å². The zero-order chi connectivity index (χ0) is 25.1. The van der Waals surface area contributed by atoms with E-state index in [0.29, 0.717) is 17.1 Å². The van der Waals surface area contributed by atoms with Gasteiger partial charge in [-0.2, -0.15) is 18.2 Å². The highest BCUT2D eigenvalue weighted by molar-refractivity contribution is 7.89. The summed E-state index contributed by atoms with van der Waals surface area (Å²) in [5, 5.41) is 5.28. The number of ether oxygens (including phenoxy) is 2. The maximum atomic E-state index is 13.2. The highest BCUT2D eigenvalue weighted by atomic mass is 32.2. The molecule has 34 heavy (non-hydrogen) atoms. The summed E-state index contributed by atoms with van der Waals surface area (Å²) in [5.74, 6) is -1.87. The van der Waals surface area contributed by atoms with E-state index in [-0.39, 0.29) is 17.8 Å². The van der Waals surface area contributed by atoms with E-state index in [9.17, 15) is 26.4 Å². The molecule has 0 bridgehead atoms. The molecular weight excluding hydrogens is 481 g/mol.